The highest BCUT2D eigenvalue weighted by Gasteiger charge is 2.27. The summed E-state index contributed by atoms with van der Waals surface area (Å²) in [5, 5.41) is 7.97. The van der Waals surface area contributed by atoms with Crippen molar-refractivity contribution in [2.24, 2.45) is 4.99 Å². The highest BCUT2D eigenvalue weighted by atomic mass is 32.1. The average Bonchev–Trinajstić information content (AvgIpc) is 3.55. The Labute approximate surface area is 239 Å². The molecule has 0 radical (unpaired) electrons. The van der Waals surface area contributed by atoms with Crippen molar-refractivity contribution in [2.45, 2.75) is 70.4 Å². The van der Waals surface area contributed by atoms with Crippen molar-refractivity contribution in [2.75, 3.05) is 0 Å². The molecule has 1 saturated carbocycles. The van der Waals surface area contributed by atoms with E-state index < -0.39 is 0 Å². The molecule has 0 saturated heterocycles. The number of aliphatic imine (C=N–C) groups is 1. The van der Waals surface area contributed by atoms with Gasteiger partial charge in [0.2, 0.25) is 0 Å². The first kappa shape index (κ1) is 25.3. The van der Waals surface area contributed by atoms with Crippen molar-refractivity contribution in [3.05, 3.63) is 100 Å². The summed E-state index contributed by atoms with van der Waals surface area (Å²) in [5.41, 5.74) is 5.66. The van der Waals surface area contributed by atoms with Gasteiger partial charge >= 0.3 is 0 Å². The number of thiophene rings is 1. The summed E-state index contributed by atoms with van der Waals surface area (Å²) in [6.07, 6.45) is 14.5. The molecule has 0 bridgehead atoms. The number of amides is 1. The molecule has 0 atom stereocenters. The molecule has 2 aliphatic carbocycles. The third kappa shape index (κ3) is 4.88. The lowest BCUT2D eigenvalue weighted by Crippen LogP contribution is -2.36. The van der Waals surface area contributed by atoms with Gasteiger partial charge in [-0.2, -0.15) is 0 Å². The molecule has 0 aliphatic heterocycles. The Morgan fingerprint density at radius 3 is 2.58 bits per heavy atom. The second-order valence-corrected chi connectivity index (χ2v) is 12.4. The lowest BCUT2D eigenvalue weighted by atomic mass is 9.93. The van der Waals surface area contributed by atoms with E-state index in [0.29, 0.717) is 6.04 Å². The summed E-state index contributed by atoms with van der Waals surface area (Å²) < 4.78 is 2.33. The zero-order valence-corrected chi connectivity index (χ0v) is 23.7. The molecular formula is C35H35N3OS. The highest BCUT2D eigenvalue weighted by molar-refractivity contribution is 7.16. The molecule has 2 heterocycles. The topological polar surface area (TPSA) is 46.4 Å². The van der Waals surface area contributed by atoms with Gasteiger partial charge in [-0.15, -0.1) is 11.3 Å². The van der Waals surface area contributed by atoms with Gasteiger partial charge < -0.3 is 9.88 Å². The molecule has 7 rings (SSSR count). The number of fused-ring (bicyclic) bond motifs is 3. The molecule has 4 nitrogen and oxygen atoms in total. The number of para-hydroxylation sites is 1. The summed E-state index contributed by atoms with van der Waals surface area (Å²) in [6, 6.07) is 24.0. The smallest absolute Gasteiger partial charge is 0.254 e. The quantitative estimate of drug-likeness (QED) is 0.213. The Hall–Kier alpha value is -3.70. The van der Waals surface area contributed by atoms with E-state index in [9.17, 15) is 4.79 Å². The van der Waals surface area contributed by atoms with Crippen LogP contribution in [0.25, 0.3) is 21.7 Å². The van der Waals surface area contributed by atoms with Crippen LogP contribution >= 0.6 is 11.3 Å². The van der Waals surface area contributed by atoms with Gasteiger partial charge in [0.05, 0.1) is 5.56 Å². The molecule has 2 aromatic heterocycles. The molecule has 5 heteroatoms. The van der Waals surface area contributed by atoms with Gasteiger partial charge in [-0.1, -0.05) is 79.9 Å². The Bertz CT molecular complexity index is 1710. The monoisotopic (exact) mass is 545 g/mol. The number of rotatable bonds is 6. The molecule has 0 spiro atoms. The molecular weight excluding hydrogens is 510 g/mol. The van der Waals surface area contributed by atoms with Gasteiger partial charge in [0.1, 0.15) is 5.00 Å². The summed E-state index contributed by atoms with van der Waals surface area (Å²) in [7, 11) is 0. The molecule has 1 fully saturated rings. The highest BCUT2D eigenvalue weighted by Crippen LogP contribution is 2.40. The van der Waals surface area contributed by atoms with Crippen LogP contribution in [0.15, 0.2) is 77.9 Å². The maximum Gasteiger partial charge on any atom is 0.254 e. The maximum atomic E-state index is 13.6. The standard InChI is InChI=1S/C35H35N3OS/c39-34(37-27-14-2-1-3-15-27)33-30-18-7-9-20-32(30)40-35(33)36-21-26-23-38(31-19-8-6-17-29(26)31)22-25-13-10-12-24-11-4-5-16-28(24)25/h4-6,8,10-13,16-17,19,21,23,27H,1-3,7,9,14-15,18,20,22H2,(H,37,39). The zero-order chi connectivity index (χ0) is 26.9. The molecule has 3 aromatic carbocycles. The molecule has 5 aromatic rings. The van der Waals surface area contributed by atoms with Crippen molar-refractivity contribution in [3.63, 3.8) is 0 Å². The largest absolute Gasteiger partial charge is 0.349 e. The first-order chi connectivity index (χ1) is 19.7. The van der Waals surface area contributed by atoms with Crippen molar-refractivity contribution < 1.29 is 4.79 Å². The van der Waals surface area contributed by atoms with Crippen LogP contribution in [0.1, 0.15) is 76.9 Å². The van der Waals surface area contributed by atoms with E-state index >= 15 is 0 Å². The first-order valence-corrected chi connectivity index (χ1v) is 15.6. The van der Waals surface area contributed by atoms with Gasteiger partial charge in [0.25, 0.3) is 5.91 Å². The third-order valence-electron chi connectivity index (χ3n) is 8.68. The van der Waals surface area contributed by atoms with Crippen LogP contribution in [0.2, 0.25) is 0 Å². The number of nitrogens with zero attached hydrogens (tertiary/aromatic N) is 2. The fraction of sp³-hybridized carbons (Fsp3) is 0.314. The van der Waals surface area contributed by atoms with Crippen LogP contribution in [0.3, 0.4) is 0 Å². The summed E-state index contributed by atoms with van der Waals surface area (Å²) >= 11 is 1.72. The first-order valence-electron chi connectivity index (χ1n) is 14.8. The number of benzene rings is 3. The molecule has 0 unspecified atom stereocenters. The van der Waals surface area contributed by atoms with Gasteiger partial charge in [0.15, 0.2) is 0 Å². The number of aryl methyl sites for hydroxylation is 1. The fourth-order valence-corrected chi connectivity index (χ4v) is 7.86. The Balaban J connectivity index is 1.23. The Morgan fingerprint density at radius 1 is 0.900 bits per heavy atom. The molecule has 1 N–H and O–H groups in total. The predicted octanol–water partition coefficient (Wildman–Crippen LogP) is 8.60. The van der Waals surface area contributed by atoms with E-state index in [4.69, 9.17) is 4.99 Å². The fourth-order valence-electron chi connectivity index (χ4n) is 6.63. The minimum atomic E-state index is 0.0804. The van der Waals surface area contributed by atoms with Crippen molar-refractivity contribution in [1.29, 1.82) is 0 Å². The molecule has 40 heavy (non-hydrogen) atoms. The van der Waals surface area contributed by atoms with Crippen LogP contribution in [0.5, 0.6) is 0 Å². The van der Waals surface area contributed by atoms with E-state index in [1.807, 2.05) is 6.21 Å². The minimum absolute atomic E-state index is 0.0804. The normalized spacial score (nSPS) is 16.1. The number of hydrogen-bond acceptors (Lipinski definition) is 3. The Kier molecular flexibility index (Phi) is 6.98. The van der Waals surface area contributed by atoms with Gasteiger partial charge in [-0.05, 0) is 66.5 Å². The maximum absolute atomic E-state index is 13.6. The summed E-state index contributed by atoms with van der Waals surface area (Å²) in [6.45, 7) is 0.790. The number of aromatic nitrogens is 1. The second kappa shape index (κ2) is 11.1. The van der Waals surface area contributed by atoms with E-state index in [2.05, 4.69) is 82.8 Å². The predicted molar refractivity (Wildman–Crippen MR) is 168 cm³/mol. The molecule has 1 amide bonds. The average molecular weight is 546 g/mol. The third-order valence-corrected chi connectivity index (χ3v) is 9.88. The Morgan fingerprint density at radius 2 is 1.68 bits per heavy atom. The van der Waals surface area contributed by atoms with Crippen LogP contribution in [-0.4, -0.2) is 22.7 Å². The SMILES string of the molecule is O=C(NC1CCCCC1)c1c(N=Cc2cn(Cc3cccc4ccccc34)c3ccccc23)sc2c1CCCC2. The van der Waals surface area contributed by atoms with Gasteiger partial charge in [-0.3, -0.25) is 4.79 Å². The second-order valence-electron chi connectivity index (χ2n) is 11.3. The number of carbonyl (C=O) groups excluding carboxylic acids is 1. The van der Waals surface area contributed by atoms with Crippen LogP contribution in [0, 0.1) is 0 Å². The van der Waals surface area contributed by atoms with Crippen molar-refractivity contribution in [3.8, 4) is 0 Å². The van der Waals surface area contributed by atoms with E-state index in [0.717, 1.165) is 54.8 Å². The minimum Gasteiger partial charge on any atom is -0.349 e. The van der Waals surface area contributed by atoms with E-state index in [1.54, 1.807) is 11.3 Å². The number of carbonyl (C=O) groups is 1. The van der Waals surface area contributed by atoms with Crippen LogP contribution in [-0.2, 0) is 19.4 Å². The summed E-state index contributed by atoms with van der Waals surface area (Å²) in [4.78, 5) is 20.0. The number of hydrogen-bond donors (Lipinski definition) is 1. The van der Waals surface area contributed by atoms with Crippen LogP contribution < -0.4 is 5.32 Å². The van der Waals surface area contributed by atoms with Crippen molar-refractivity contribution >= 4 is 50.1 Å². The number of nitrogens with one attached hydrogen (secondary N) is 1. The van der Waals surface area contributed by atoms with Gasteiger partial charge in [0, 0.05) is 46.3 Å². The van der Waals surface area contributed by atoms with E-state index in [1.165, 1.54) is 63.4 Å². The van der Waals surface area contributed by atoms with Gasteiger partial charge in [-0.25, -0.2) is 4.99 Å². The van der Waals surface area contributed by atoms with Crippen LogP contribution in [0.4, 0.5) is 5.00 Å². The molecule has 202 valence electrons. The molecule has 2 aliphatic rings. The van der Waals surface area contributed by atoms with E-state index in [-0.39, 0.29) is 5.91 Å². The zero-order valence-electron chi connectivity index (χ0n) is 22.9. The lowest BCUT2D eigenvalue weighted by Gasteiger charge is -2.23. The summed E-state index contributed by atoms with van der Waals surface area (Å²) in [5.74, 6) is 0.0804. The van der Waals surface area contributed by atoms with Crippen molar-refractivity contribution in [1.82, 2.24) is 9.88 Å². The lowest BCUT2D eigenvalue weighted by molar-refractivity contribution is 0.0927.